The zero-order valence-corrected chi connectivity index (χ0v) is 13.2. The van der Waals surface area contributed by atoms with Gasteiger partial charge in [-0.1, -0.05) is 12.1 Å². The summed E-state index contributed by atoms with van der Waals surface area (Å²) in [6, 6.07) is 9.89. The van der Waals surface area contributed by atoms with E-state index in [4.69, 9.17) is 4.42 Å². The standard InChI is InChI=1S/C18H21FN2O2/c1-13-8-9-17(23-13)16(21-10-4-5-11-21)12-20-18(22)14-6-2-3-7-15(14)19/h2-3,6-9,16H,4-5,10-12H2,1H3,(H,20,22). The molecule has 0 aliphatic carbocycles. The first-order chi connectivity index (χ1) is 11.1. The maximum Gasteiger partial charge on any atom is 0.254 e. The molecule has 1 aliphatic rings. The fourth-order valence-corrected chi connectivity index (χ4v) is 3.03. The van der Waals surface area contributed by atoms with Gasteiger partial charge in [-0.2, -0.15) is 0 Å². The number of carbonyl (C=O) groups excluding carboxylic acids is 1. The maximum absolute atomic E-state index is 13.7. The van der Waals surface area contributed by atoms with Gasteiger partial charge < -0.3 is 9.73 Å². The van der Waals surface area contributed by atoms with Crippen LogP contribution < -0.4 is 5.32 Å². The monoisotopic (exact) mass is 316 g/mol. The Bertz CT molecular complexity index is 677. The molecule has 0 radical (unpaired) electrons. The molecule has 2 heterocycles. The summed E-state index contributed by atoms with van der Waals surface area (Å²) in [5.41, 5.74) is 0.0725. The molecule has 4 nitrogen and oxygen atoms in total. The van der Waals surface area contributed by atoms with Crippen molar-refractivity contribution in [3.05, 3.63) is 59.3 Å². The van der Waals surface area contributed by atoms with Crippen LogP contribution in [0.5, 0.6) is 0 Å². The third-order valence-corrected chi connectivity index (χ3v) is 4.25. The summed E-state index contributed by atoms with van der Waals surface area (Å²) in [4.78, 5) is 14.5. The second-order valence-electron chi connectivity index (χ2n) is 5.90. The van der Waals surface area contributed by atoms with Crippen molar-refractivity contribution < 1.29 is 13.6 Å². The second kappa shape index (κ2) is 6.96. The minimum atomic E-state index is -0.503. The lowest BCUT2D eigenvalue weighted by Gasteiger charge is -2.26. The summed E-state index contributed by atoms with van der Waals surface area (Å²) in [6.45, 7) is 4.28. The number of carbonyl (C=O) groups is 1. The summed E-state index contributed by atoms with van der Waals surface area (Å²) >= 11 is 0. The highest BCUT2D eigenvalue weighted by molar-refractivity contribution is 5.94. The number of rotatable bonds is 5. The number of likely N-dealkylation sites (tertiary alicyclic amines) is 1. The van der Waals surface area contributed by atoms with Gasteiger partial charge in [0.2, 0.25) is 0 Å². The van der Waals surface area contributed by atoms with Crippen LogP contribution in [-0.4, -0.2) is 30.4 Å². The zero-order chi connectivity index (χ0) is 16.2. The first kappa shape index (κ1) is 15.7. The third-order valence-electron chi connectivity index (χ3n) is 4.25. The summed E-state index contributed by atoms with van der Waals surface area (Å²) in [7, 11) is 0. The van der Waals surface area contributed by atoms with Crippen LogP contribution in [0.3, 0.4) is 0 Å². The van der Waals surface area contributed by atoms with E-state index in [1.54, 1.807) is 12.1 Å². The highest BCUT2D eigenvalue weighted by Crippen LogP contribution is 2.26. The van der Waals surface area contributed by atoms with Crippen molar-refractivity contribution in [2.75, 3.05) is 19.6 Å². The lowest BCUT2D eigenvalue weighted by molar-refractivity contribution is 0.0929. The average Bonchev–Trinajstić information content (AvgIpc) is 3.20. The highest BCUT2D eigenvalue weighted by Gasteiger charge is 2.26. The molecule has 3 rings (SSSR count). The Kier molecular flexibility index (Phi) is 4.76. The molecule has 1 N–H and O–H groups in total. The van der Waals surface area contributed by atoms with Crippen LogP contribution in [0, 0.1) is 12.7 Å². The molecule has 2 aromatic rings. The lowest BCUT2D eigenvalue weighted by Crippen LogP contribution is -2.36. The fraction of sp³-hybridized carbons (Fsp3) is 0.389. The van der Waals surface area contributed by atoms with Crippen molar-refractivity contribution in [3.63, 3.8) is 0 Å². The Morgan fingerprint density at radius 3 is 2.65 bits per heavy atom. The molecule has 0 spiro atoms. The van der Waals surface area contributed by atoms with E-state index >= 15 is 0 Å². The van der Waals surface area contributed by atoms with Gasteiger partial charge in [0.15, 0.2) is 0 Å². The molecule has 1 saturated heterocycles. The van der Waals surface area contributed by atoms with Crippen LogP contribution >= 0.6 is 0 Å². The molecule has 1 aromatic heterocycles. The van der Waals surface area contributed by atoms with Gasteiger partial charge in [0.05, 0.1) is 11.6 Å². The molecule has 23 heavy (non-hydrogen) atoms. The van der Waals surface area contributed by atoms with Gasteiger partial charge in [0.25, 0.3) is 5.91 Å². The molecule has 1 aliphatic heterocycles. The average molecular weight is 316 g/mol. The third kappa shape index (κ3) is 3.62. The predicted molar refractivity (Wildman–Crippen MR) is 85.7 cm³/mol. The van der Waals surface area contributed by atoms with Crippen LogP contribution in [0.4, 0.5) is 4.39 Å². The van der Waals surface area contributed by atoms with E-state index in [1.165, 1.54) is 12.1 Å². The van der Waals surface area contributed by atoms with E-state index in [1.807, 2.05) is 19.1 Å². The Morgan fingerprint density at radius 2 is 2.00 bits per heavy atom. The molecule has 1 fully saturated rings. The molecule has 0 saturated carbocycles. The van der Waals surface area contributed by atoms with E-state index < -0.39 is 11.7 Å². The molecule has 122 valence electrons. The topological polar surface area (TPSA) is 45.5 Å². The van der Waals surface area contributed by atoms with Gasteiger partial charge in [0.1, 0.15) is 17.3 Å². The molecule has 0 bridgehead atoms. The first-order valence-corrected chi connectivity index (χ1v) is 7.98. The van der Waals surface area contributed by atoms with Crippen molar-refractivity contribution in [1.82, 2.24) is 10.2 Å². The smallest absolute Gasteiger partial charge is 0.254 e. The van der Waals surface area contributed by atoms with Crippen molar-refractivity contribution in [3.8, 4) is 0 Å². The molecule has 5 heteroatoms. The number of hydrogen-bond acceptors (Lipinski definition) is 3. The highest BCUT2D eigenvalue weighted by atomic mass is 19.1. The summed E-state index contributed by atoms with van der Waals surface area (Å²) in [6.07, 6.45) is 2.30. The van der Waals surface area contributed by atoms with Crippen molar-refractivity contribution in [2.24, 2.45) is 0 Å². The van der Waals surface area contributed by atoms with E-state index in [2.05, 4.69) is 10.2 Å². The molecule has 1 amide bonds. The molecule has 1 unspecified atom stereocenters. The predicted octanol–water partition coefficient (Wildman–Crippen LogP) is 3.29. The van der Waals surface area contributed by atoms with Gasteiger partial charge in [-0.15, -0.1) is 0 Å². The number of furan rings is 1. The molecule has 1 aromatic carbocycles. The Balaban J connectivity index is 1.71. The minimum absolute atomic E-state index is 0.0121. The Hall–Kier alpha value is -2.14. The van der Waals surface area contributed by atoms with Crippen LogP contribution in [-0.2, 0) is 0 Å². The van der Waals surface area contributed by atoms with E-state index in [9.17, 15) is 9.18 Å². The normalized spacial score (nSPS) is 16.4. The fourth-order valence-electron chi connectivity index (χ4n) is 3.03. The van der Waals surface area contributed by atoms with Gasteiger partial charge in [-0.3, -0.25) is 9.69 Å². The quantitative estimate of drug-likeness (QED) is 0.920. The van der Waals surface area contributed by atoms with Crippen molar-refractivity contribution in [2.45, 2.75) is 25.8 Å². The molecule has 1 atom stereocenters. The van der Waals surface area contributed by atoms with Crippen LogP contribution in [0.25, 0.3) is 0 Å². The number of nitrogens with zero attached hydrogens (tertiary/aromatic N) is 1. The van der Waals surface area contributed by atoms with Crippen LogP contribution in [0.15, 0.2) is 40.8 Å². The van der Waals surface area contributed by atoms with Crippen LogP contribution in [0.2, 0.25) is 0 Å². The van der Waals surface area contributed by atoms with Gasteiger partial charge in [-0.25, -0.2) is 4.39 Å². The Morgan fingerprint density at radius 1 is 1.26 bits per heavy atom. The van der Waals surface area contributed by atoms with Crippen LogP contribution in [0.1, 0.15) is 40.8 Å². The van der Waals surface area contributed by atoms with E-state index in [0.717, 1.165) is 37.5 Å². The minimum Gasteiger partial charge on any atom is -0.465 e. The SMILES string of the molecule is Cc1ccc(C(CNC(=O)c2ccccc2F)N2CCCC2)o1. The summed E-state index contributed by atoms with van der Waals surface area (Å²) in [5, 5.41) is 2.84. The summed E-state index contributed by atoms with van der Waals surface area (Å²) in [5.74, 6) is 0.801. The lowest BCUT2D eigenvalue weighted by atomic mass is 10.1. The van der Waals surface area contributed by atoms with Crippen molar-refractivity contribution >= 4 is 5.91 Å². The van der Waals surface area contributed by atoms with E-state index in [-0.39, 0.29) is 11.6 Å². The molecular weight excluding hydrogens is 295 g/mol. The number of nitrogens with one attached hydrogen (secondary N) is 1. The van der Waals surface area contributed by atoms with E-state index in [0.29, 0.717) is 6.54 Å². The largest absolute Gasteiger partial charge is 0.465 e. The number of hydrogen-bond donors (Lipinski definition) is 1. The van der Waals surface area contributed by atoms with Gasteiger partial charge in [0, 0.05) is 6.54 Å². The summed E-state index contributed by atoms with van der Waals surface area (Å²) < 4.78 is 19.5. The first-order valence-electron chi connectivity index (χ1n) is 7.98. The second-order valence-corrected chi connectivity index (χ2v) is 5.90. The maximum atomic E-state index is 13.7. The van der Waals surface area contributed by atoms with Gasteiger partial charge >= 0.3 is 0 Å². The molecular formula is C18H21FN2O2. The zero-order valence-electron chi connectivity index (χ0n) is 13.2. The van der Waals surface area contributed by atoms with Crippen molar-refractivity contribution in [1.29, 1.82) is 0 Å². The van der Waals surface area contributed by atoms with Gasteiger partial charge in [-0.05, 0) is 57.1 Å². The number of benzene rings is 1. The Labute approximate surface area is 135 Å². The number of amides is 1. The number of aryl methyl sites for hydroxylation is 1. The number of halogens is 1.